The second-order valence-corrected chi connectivity index (χ2v) is 6.43. The van der Waals surface area contributed by atoms with Gasteiger partial charge in [0.05, 0.1) is 22.8 Å². The Kier molecular flexibility index (Phi) is 5.81. The number of rotatable bonds is 3. The third-order valence-electron chi connectivity index (χ3n) is 4.81. The Morgan fingerprint density at radius 3 is 2.59 bits per heavy atom. The van der Waals surface area contributed by atoms with Crippen LogP contribution in [0.4, 0.5) is 14.5 Å². The van der Waals surface area contributed by atoms with Gasteiger partial charge in [-0.3, -0.25) is 9.78 Å². The van der Waals surface area contributed by atoms with Gasteiger partial charge in [0, 0.05) is 49.7 Å². The summed E-state index contributed by atoms with van der Waals surface area (Å²) in [4.78, 5) is 32.1. The molecule has 152 valence electrons. The molecular weight excluding hydrogens is 406 g/mol. The Morgan fingerprint density at radius 1 is 1.21 bits per heavy atom. The Balaban J connectivity index is 0.00000240. The van der Waals surface area contributed by atoms with E-state index in [0.717, 1.165) is 18.5 Å². The SMILES string of the molecule is Cl.O=C(O)c1c[nH]c2c(-c3ccncc3F)c(N3CCNCC3)c(F)cc2c1=O. The van der Waals surface area contributed by atoms with Gasteiger partial charge in [-0.05, 0) is 12.1 Å². The predicted octanol–water partition coefficient (Wildman–Crippen LogP) is 2.40. The van der Waals surface area contributed by atoms with Crippen molar-refractivity contribution in [1.82, 2.24) is 15.3 Å². The molecule has 1 aromatic carbocycles. The summed E-state index contributed by atoms with van der Waals surface area (Å²) in [6.07, 6.45) is 3.44. The number of hydrogen-bond acceptors (Lipinski definition) is 5. The van der Waals surface area contributed by atoms with Gasteiger partial charge in [0.1, 0.15) is 17.2 Å². The first-order valence-electron chi connectivity index (χ1n) is 8.65. The molecule has 1 aliphatic rings. The van der Waals surface area contributed by atoms with Gasteiger partial charge in [-0.25, -0.2) is 13.6 Å². The summed E-state index contributed by atoms with van der Waals surface area (Å²) in [6, 6.07) is 2.42. The maximum atomic E-state index is 15.2. The molecule has 2 aromatic heterocycles. The first-order valence-corrected chi connectivity index (χ1v) is 8.65. The van der Waals surface area contributed by atoms with Gasteiger partial charge in [0.2, 0.25) is 5.43 Å². The van der Waals surface area contributed by atoms with E-state index in [2.05, 4.69) is 15.3 Å². The summed E-state index contributed by atoms with van der Waals surface area (Å²) in [7, 11) is 0. The molecule has 0 aliphatic carbocycles. The van der Waals surface area contributed by atoms with E-state index in [4.69, 9.17) is 0 Å². The van der Waals surface area contributed by atoms with Crippen molar-refractivity contribution in [2.45, 2.75) is 0 Å². The zero-order valence-corrected chi connectivity index (χ0v) is 15.9. The number of benzene rings is 1. The van der Waals surface area contributed by atoms with E-state index < -0.39 is 28.6 Å². The zero-order chi connectivity index (χ0) is 19.8. The van der Waals surface area contributed by atoms with Gasteiger partial charge in [0.25, 0.3) is 0 Å². The number of halogens is 3. The normalized spacial score (nSPS) is 13.9. The van der Waals surface area contributed by atoms with Crippen LogP contribution in [0.1, 0.15) is 10.4 Å². The molecule has 0 radical (unpaired) electrons. The predicted molar refractivity (Wildman–Crippen MR) is 107 cm³/mol. The fraction of sp³-hybridized carbons (Fsp3) is 0.211. The maximum absolute atomic E-state index is 15.2. The van der Waals surface area contributed by atoms with E-state index in [0.29, 0.717) is 26.2 Å². The summed E-state index contributed by atoms with van der Waals surface area (Å²) in [5, 5.41) is 12.2. The van der Waals surface area contributed by atoms with Gasteiger partial charge in [-0.15, -0.1) is 12.4 Å². The average Bonchev–Trinajstić information content (AvgIpc) is 2.69. The molecule has 1 fully saturated rings. The number of carboxylic acid groups (broad SMARTS) is 1. The third kappa shape index (κ3) is 3.54. The molecular formula is C19H17ClF2N4O3. The number of pyridine rings is 2. The molecule has 1 aliphatic heterocycles. The number of nitrogens with zero attached hydrogens (tertiary/aromatic N) is 2. The van der Waals surface area contributed by atoms with Crippen LogP contribution in [0.25, 0.3) is 22.0 Å². The number of nitrogens with one attached hydrogen (secondary N) is 2. The molecule has 3 aromatic rings. The molecule has 10 heteroatoms. The highest BCUT2D eigenvalue weighted by Gasteiger charge is 2.26. The second-order valence-electron chi connectivity index (χ2n) is 6.43. The number of aromatic carboxylic acids is 1. The lowest BCUT2D eigenvalue weighted by atomic mass is 9.97. The Morgan fingerprint density at radius 2 is 1.93 bits per heavy atom. The van der Waals surface area contributed by atoms with Gasteiger partial charge in [-0.1, -0.05) is 0 Å². The van der Waals surface area contributed by atoms with E-state index in [1.54, 1.807) is 4.90 Å². The monoisotopic (exact) mass is 422 g/mol. The minimum Gasteiger partial charge on any atom is -0.477 e. The fourth-order valence-corrected chi connectivity index (χ4v) is 3.52. The highest BCUT2D eigenvalue weighted by molar-refractivity contribution is 6.03. The number of anilines is 1. The zero-order valence-electron chi connectivity index (χ0n) is 15.0. The van der Waals surface area contributed by atoms with Crippen molar-refractivity contribution in [2.75, 3.05) is 31.1 Å². The van der Waals surface area contributed by atoms with Gasteiger partial charge < -0.3 is 20.3 Å². The number of aromatic nitrogens is 2. The molecule has 4 rings (SSSR count). The third-order valence-corrected chi connectivity index (χ3v) is 4.81. The van der Waals surface area contributed by atoms with Gasteiger partial charge in [-0.2, -0.15) is 0 Å². The number of fused-ring (bicyclic) bond motifs is 1. The minimum absolute atomic E-state index is 0. The van der Waals surface area contributed by atoms with E-state index in [-0.39, 0.29) is 40.1 Å². The fourth-order valence-electron chi connectivity index (χ4n) is 3.52. The van der Waals surface area contributed by atoms with Crippen molar-refractivity contribution in [3.05, 3.63) is 58.1 Å². The summed E-state index contributed by atoms with van der Waals surface area (Å²) >= 11 is 0. The molecule has 29 heavy (non-hydrogen) atoms. The summed E-state index contributed by atoms with van der Waals surface area (Å²) in [5.41, 5.74) is -0.754. The van der Waals surface area contributed by atoms with Crippen LogP contribution in [0.15, 0.2) is 35.5 Å². The van der Waals surface area contributed by atoms with E-state index in [1.165, 1.54) is 12.3 Å². The average molecular weight is 423 g/mol. The number of piperazine rings is 1. The minimum atomic E-state index is -1.42. The lowest BCUT2D eigenvalue weighted by Gasteiger charge is -2.32. The van der Waals surface area contributed by atoms with Crippen molar-refractivity contribution in [3.63, 3.8) is 0 Å². The summed E-state index contributed by atoms with van der Waals surface area (Å²) in [5.74, 6) is -2.81. The molecule has 7 nitrogen and oxygen atoms in total. The largest absolute Gasteiger partial charge is 0.477 e. The van der Waals surface area contributed by atoms with E-state index >= 15 is 4.39 Å². The first kappa shape index (κ1) is 20.7. The highest BCUT2D eigenvalue weighted by Crippen LogP contribution is 2.39. The van der Waals surface area contributed by atoms with Crippen molar-refractivity contribution >= 4 is 35.0 Å². The molecule has 0 unspecified atom stereocenters. The van der Waals surface area contributed by atoms with Gasteiger partial charge in [0.15, 0.2) is 0 Å². The first-order chi connectivity index (χ1) is 13.5. The van der Waals surface area contributed by atoms with Crippen LogP contribution in [0.5, 0.6) is 0 Å². The van der Waals surface area contributed by atoms with Crippen LogP contribution in [0, 0.1) is 11.6 Å². The molecule has 0 amide bonds. The number of hydrogen-bond donors (Lipinski definition) is 3. The van der Waals surface area contributed by atoms with Crippen LogP contribution in [-0.4, -0.2) is 47.2 Å². The van der Waals surface area contributed by atoms with Crippen LogP contribution in [-0.2, 0) is 0 Å². The molecule has 3 heterocycles. The lowest BCUT2D eigenvalue weighted by Crippen LogP contribution is -2.44. The van der Waals surface area contributed by atoms with E-state index in [1.807, 2.05) is 0 Å². The molecule has 0 bridgehead atoms. The van der Waals surface area contributed by atoms with Gasteiger partial charge >= 0.3 is 5.97 Å². The Labute approximate surface area is 169 Å². The summed E-state index contributed by atoms with van der Waals surface area (Å²) < 4.78 is 29.8. The number of carboxylic acids is 1. The molecule has 0 saturated carbocycles. The number of carbonyl (C=O) groups is 1. The van der Waals surface area contributed by atoms with Crippen molar-refractivity contribution in [2.24, 2.45) is 0 Å². The lowest BCUT2D eigenvalue weighted by molar-refractivity contribution is 0.0695. The Hall–Kier alpha value is -3.04. The van der Waals surface area contributed by atoms with Crippen molar-refractivity contribution in [1.29, 1.82) is 0 Å². The topological polar surface area (TPSA) is 98.3 Å². The Bertz CT molecular complexity index is 1150. The van der Waals surface area contributed by atoms with E-state index in [9.17, 15) is 19.1 Å². The maximum Gasteiger partial charge on any atom is 0.341 e. The molecule has 1 saturated heterocycles. The van der Waals surface area contributed by atoms with Crippen LogP contribution in [0.2, 0.25) is 0 Å². The highest BCUT2D eigenvalue weighted by atomic mass is 35.5. The quantitative estimate of drug-likeness (QED) is 0.599. The molecule has 0 atom stereocenters. The smallest absolute Gasteiger partial charge is 0.341 e. The van der Waals surface area contributed by atoms with Crippen LogP contribution >= 0.6 is 12.4 Å². The standard InChI is InChI=1S/C19H16F2N4O3.ClH/c20-13-7-11-16(24-8-12(18(11)26)19(27)28)15(10-1-2-23-9-14(10)21)17(13)25-5-3-22-4-6-25;/h1-2,7-9,22H,3-6H2,(H,24,26)(H,27,28);1H. The second kappa shape index (κ2) is 8.14. The van der Waals surface area contributed by atoms with Crippen LogP contribution < -0.4 is 15.6 Å². The molecule has 0 spiro atoms. The number of H-pyrrole nitrogens is 1. The van der Waals surface area contributed by atoms with Crippen molar-refractivity contribution < 1.29 is 18.7 Å². The number of aromatic amines is 1. The molecule has 3 N–H and O–H groups in total. The van der Waals surface area contributed by atoms with Crippen LogP contribution in [0.3, 0.4) is 0 Å². The van der Waals surface area contributed by atoms with Crippen molar-refractivity contribution in [3.8, 4) is 11.1 Å². The summed E-state index contributed by atoms with van der Waals surface area (Å²) in [6.45, 7) is 2.26.